The van der Waals surface area contributed by atoms with Gasteiger partial charge in [0.25, 0.3) is 0 Å². The van der Waals surface area contributed by atoms with Gasteiger partial charge in [-0.1, -0.05) is 122 Å². The first-order valence-electron chi connectivity index (χ1n) is 9.87. The van der Waals surface area contributed by atoms with Gasteiger partial charge in [-0.25, -0.2) is 0 Å². The fraction of sp³-hybridized carbons (Fsp3) is 0.192. The van der Waals surface area contributed by atoms with Gasteiger partial charge in [0.05, 0.1) is 8.07 Å². The van der Waals surface area contributed by atoms with E-state index in [1.807, 2.05) is 12.1 Å². The van der Waals surface area contributed by atoms with E-state index in [2.05, 4.69) is 105 Å². The fourth-order valence-electron chi connectivity index (χ4n) is 3.94. The largest absolute Gasteiger partial charge is 0.303 e. The highest BCUT2D eigenvalue weighted by Gasteiger charge is 2.36. The Kier molecular flexibility index (Phi) is 6.43. The number of aldehydes is 1. The van der Waals surface area contributed by atoms with E-state index in [4.69, 9.17) is 0 Å². The second-order valence-electron chi connectivity index (χ2n) is 7.92. The van der Waals surface area contributed by atoms with Gasteiger partial charge < -0.3 is 4.79 Å². The average molecular weight is 385 g/mol. The maximum atomic E-state index is 11.9. The molecule has 142 valence electrons. The van der Waals surface area contributed by atoms with Gasteiger partial charge in [0.1, 0.15) is 6.29 Å². The van der Waals surface area contributed by atoms with Crippen LogP contribution < -0.4 is 5.19 Å². The number of allylic oxidation sites excluding steroid dienone is 1. The summed E-state index contributed by atoms with van der Waals surface area (Å²) >= 11 is 0. The lowest BCUT2D eigenvalue weighted by atomic mass is 9.95. The molecule has 28 heavy (non-hydrogen) atoms. The molecule has 0 heterocycles. The molecule has 0 radical (unpaired) electrons. The molecule has 0 unspecified atom stereocenters. The summed E-state index contributed by atoms with van der Waals surface area (Å²) in [6, 6.07) is 31.7. The van der Waals surface area contributed by atoms with Crippen molar-refractivity contribution in [3.8, 4) is 0 Å². The van der Waals surface area contributed by atoms with E-state index in [1.165, 1.54) is 21.9 Å². The molecule has 1 nitrogen and oxygen atoms in total. The van der Waals surface area contributed by atoms with Crippen LogP contribution in [-0.4, -0.2) is 14.4 Å². The van der Waals surface area contributed by atoms with Crippen LogP contribution in [0.3, 0.4) is 0 Å². The van der Waals surface area contributed by atoms with Crippen molar-refractivity contribution >= 4 is 25.1 Å². The molecule has 0 aliphatic rings. The Balaban J connectivity index is 2.17. The van der Waals surface area contributed by atoms with Gasteiger partial charge in [0, 0.05) is 5.92 Å². The van der Waals surface area contributed by atoms with Crippen LogP contribution in [0.2, 0.25) is 18.6 Å². The maximum Gasteiger partial charge on any atom is 0.123 e. The maximum absolute atomic E-state index is 11.9. The van der Waals surface area contributed by atoms with Gasteiger partial charge >= 0.3 is 0 Å². The van der Waals surface area contributed by atoms with Crippen LogP contribution >= 0.6 is 0 Å². The van der Waals surface area contributed by atoms with E-state index < -0.39 is 8.07 Å². The fourth-order valence-corrected chi connectivity index (χ4v) is 7.35. The first-order valence-corrected chi connectivity index (χ1v) is 12.9. The monoisotopic (exact) mass is 384 g/mol. The Hall–Kier alpha value is -2.71. The van der Waals surface area contributed by atoms with Gasteiger partial charge in [0.15, 0.2) is 0 Å². The summed E-state index contributed by atoms with van der Waals surface area (Å²) in [5, 5.41) is 1.38. The molecule has 3 aromatic rings. The van der Waals surface area contributed by atoms with Crippen LogP contribution in [-0.2, 0) is 4.79 Å². The Labute approximate surface area is 169 Å². The molecule has 0 saturated carbocycles. The van der Waals surface area contributed by atoms with Crippen molar-refractivity contribution in [1.29, 1.82) is 0 Å². The zero-order chi connectivity index (χ0) is 20.0. The molecule has 0 amide bonds. The first-order chi connectivity index (χ1) is 13.5. The summed E-state index contributed by atoms with van der Waals surface area (Å²) in [5.74, 6) is -0.0377. The summed E-state index contributed by atoms with van der Waals surface area (Å²) in [7, 11) is -1.93. The summed E-state index contributed by atoms with van der Waals surface area (Å²) < 4.78 is 0. The van der Waals surface area contributed by atoms with E-state index in [0.29, 0.717) is 0 Å². The average Bonchev–Trinajstić information content (AvgIpc) is 2.75. The van der Waals surface area contributed by atoms with Crippen LogP contribution in [0.4, 0.5) is 0 Å². The Bertz CT molecular complexity index is 873. The van der Waals surface area contributed by atoms with Crippen molar-refractivity contribution in [3.63, 3.8) is 0 Å². The lowest BCUT2D eigenvalue weighted by Gasteiger charge is -2.34. The lowest BCUT2D eigenvalue weighted by molar-refractivity contribution is -0.110. The van der Waals surface area contributed by atoms with Gasteiger partial charge in [-0.05, 0) is 22.2 Å². The standard InChI is InChI=1S/C26H28OSi/c1-21(20-27)26(28(2,3)24-17-11-6-12-18-24)19-25(22-13-7-4-8-14-22)23-15-9-5-10-16-23/h4-21,26H,1-3H3/t21-,26-/m0/s1. The van der Waals surface area contributed by atoms with Crippen LogP contribution in [0.25, 0.3) is 5.57 Å². The predicted molar refractivity (Wildman–Crippen MR) is 122 cm³/mol. The Morgan fingerprint density at radius 3 is 1.61 bits per heavy atom. The number of carbonyl (C=O) groups is 1. The van der Waals surface area contributed by atoms with Crippen molar-refractivity contribution < 1.29 is 4.79 Å². The number of hydrogen-bond acceptors (Lipinski definition) is 1. The second kappa shape index (κ2) is 8.98. The number of carbonyl (C=O) groups excluding carboxylic acids is 1. The minimum Gasteiger partial charge on any atom is -0.303 e. The summed E-state index contributed by atoms with van der Waals surface area (Å²) in [6.45, 7) is 6.80. The van der Waals surface area contributed by atoms with Crippen LogP contribution in [0.5, 0.6) is 0 Å². The molecule has 0 aliphatic heterocycles. The third kappa shape index (κ3) is 4.40. The Morgan fingerprint density at radius 1 is 0.750 bits per heavy atom. The van der Waals surface area contributed by atoms with E-state index in [-0.39, 0.29) is 11.5 Å². The molecule has 0 saturated heterocycles. The molecule has 2 atom stereocenters. The molecule has 0 spiro atoms. The molecule has 0 bridgehead atoms. The highest BCUT2D eigenvalue weighted by atomic mass is 28.3. The zero-order valence-corrected chi connectivity index (χ0v) is 17.9. The molecule has 0 aliphatic carbocycles. The number of rotatable bonds is 7. The molecule has 0 N–H and O–H groups in total. The van der Waals surface area contributed by atoms with Crippen molar-refractivity contribution in [2.45, 2.75) is 25.6 Å². The SMILES string of the molecule is C[C@@H](C=O)[C@H](C=C(c1ccccc1)c1ccccc1)[Si](C)(C)c1ccccc1. The van der Waals surface area contributed by atoms with Crippen LogP contribution in [0.15, 0.2) is 97.1 Å². The topological polar surface area (TPSA) is 17.1 Å². The summed E-state index contributed by atoms with van der Waals surface area (Å²) in [5.41, 5.74) is 3.78. The third-order valence-corrected chi connectivity index (χ3v) is 9.83. The van der Waals surface area contributed by atoms with E-state index in [1.54, 1.807) is 0 Å². The van der Waals surface area contributed by atoms with E-state index >= 15 is 0 Å². The Morgan fingerprint density at radius 2 is 1.18 bits per heavy atom. The molecule has 0 aromatic heterocycles. The van der Waals surface area contributed by atoms with Crippen LogP contribution in [0, 0.1) is 5.92 Å². The van der Waals surface area contributed by atoms with Crippen molar-refractivity contribution in [2.24, 2.45) is 5.92 Å². The molecule has 3 rings (SSSR count). The van der Waals surface area contributed by atoms with Crippen molar-refractivity contribution in [1.82, 2.24) is 0 Å². The van der Waals surface area contributed by atoms with E-state index in [0.717, 1.165) is 6.29 Å². The minimum absolute atomic E-state index is 0.0377. The molecule has 0 fully saturated rings. The van der Waals surface area contributed by atoms with E-state index in [9.17, 15) is 4.79 Å². The van der Waals surface area contributed by atoms with Crippen molar-refractivity contribution in [3.05, 3.63) is 108 Å². The summed E-state index contributed by atoms with van der Waals surface area (Å²) in [4.78, 5) is 11.9. The van der Waals surface area contributed by atoms with Crippen molar-refractivity contribution in [2.75, 3.05) is 0 Å². The first kappa shape index (κ1) is 20.0. The third-order valence-electron chi connectivity index (χ3n) is 5.65. The highest BCUT2D eigenvalue weighted by Crippen LogP contribution is 2.35. The molecule has 3 aromatic carbocycles. The predicted octanol–water partition coefficient (Wildman–Crippen LogP) is 5.94. The number of benzene rings is 3. The van der Waals surface area contributed by atoms with Gasteiger partial charge in [-0.3, -0.25) is 0 Å². The summed E-state index contributed by atoms with van der Waals surface area (Å²) in [6.07, 6.45) is 3.48. The normalized spacial score (nSPS) is 13.4. The second-order valence-corrected chi connectivity index (χ2v) is 12.6. The molecular formula is C26H28OSi. The molecular weight excluding hydrogens is 356 g/mol. The van der Waals surface area contributed by atoms with Crippen LogP contribution in [0.1, 0.15) is 18.1 Å². The number of hydrogen-bond donors (Lipinski definition) is 0. The lowest BCUT2D eigenvalue weighted by Crippen LogP contribution is -2.47. The molecule has 2 heteroatoms. The smallest absolute Gasteiger partial charge is 0.123 e. The zero-order valence-electron chi connectivity index (χ0n) is 16.9. The van der Waals surface area contributed by atoms with Gasteiger partial charge in [-0.2, -0.15) is 0 Å². The quantitative estimate of drug-likeness (QED) is 0.364. The highest BCUT2D eigenvalue weighted by molar-refractivity contribution is 6.91. The van der Waals surface area contributed by atoms with Gasteiger partial charge in [0.2, 0.25) is 0 Å². The van der Waals surface area contributed by atoms with Gasteiger partial charge in [-0.15, -0.1) is 0 Å². The minimum atomic E-state index is -1.93.